The third kappa shape index (κ3) is 2.53. The average Bonchev–Trinajstić information content (AvgIpc) is 2.73. The van der Waals surface area contributed by atoms with E-state index in [1.54, 1.807) is 12.5 Å². The summed E-state index contributed by atoms with van der Waals surface area (Å²) in [5.41, 5.74) is 3.10. The molecule has 1 N–H and O–H groups in total. The zero-order valence-electron chi connectivity index (χ0n) is 9.63. The number of imidazole rings is 1. The summed E-state index contributed by atoms with van der Waals surface area (Å²) in [7, 11) is 1.93. The lowest BCUT2D eigenvalue weighted by Gasteiger charge is -2.08. The fraction of sp³-hybridized carbons (Fsp3) is 0.231. The van der Waals surface area contributed by atoms with Gasteiger partial charge in [0.2, 0.25) is 0 Å². The lowest BCUT2D eigenvalue weighted by molar-refractivity contribution is -0.136. The molecule has 0 aliphatic carbocycles. The number of benzene rings is 1. The maximum Gasteiger partial charge on any atom is 0.303 e. The smallest absolute Gasteiger partial charge is 0.303 e. The molecule has 4 heteroatoms. The van der Waals surface area contributed by atoms with E-state index in [9.17, 15) is 4.79 Å². The van der Waals surface area contributed by atoms with Crippen LogP contribution in [0.3, 0.4) is 0 Å². The van der Waals surface area contributed by atoms with Gasteiger partial charge < -0.3 is 9.67 Å². The Balaban J connectivity index is 2.34. The zero-order valence-corrected chi connectivity index (χ0v) is 9.63. The van der Waals surface area contributed by atoms with Crippen LogP contribution < -0.4 is 0 Å². The summed E-state index contributed by atoms with van der Waals surface area (Å²) in [5.74, 6) is -0.773. The van der Waals surface area contributed by atoms with E-state index in [1.165, 1.54) is 0 Å². The van der Waals surface area contributed by atoms with E-state index in [4.69, 9.17) is 5.11 Å². The van der Waals surface area contributed by atoms with Crippen LogP contribution in [-0.4, -0.2) is 20.6 Å². The predicted octanol–water partition coefficient (Wildman–Crippen LogP) is 2.10. The number of nitrogens with zero attached hydrogens (tertiary/aromatic N) is 2. The van der Waals surface area contributed by atoms with Gasteiger partial charge in [0.1, 0.15) is 0 Å². The fourth-order valence-corrected chi connectivity index (χ4v) is 1.85. The van der Waals surface area contributed by atoms with Crippen molar-refractivity contribution in [3.05, 3.63) is 42.4 Å². The van der Waals surface area contributed by atoms with Crippen LogP contribution in [0.15, 0.2) is 36.8 Å². The molecule has 17 heavy (non-hydrogen) atoms. The molecule has 0 atom stereocenters. The van der Waals surface area contributed by atoms with Crippen LogP contribution in [0.5, 0.6) is 0 Å². The van der Waals surface area contributed by atoms with Crippen molar-refractivity contribution in [3.8, 4) is 11.3 Å². The van der Waals surface area contributed by atoms with Crippen molar-refractivity contribution in [2.75, 3.05) is 0 Å². The molecule has 0 spiro atoms. The van der Waals surface area contributed by atoms with Crippen LogP contribution in [0.4, 0.5) is 0 Å². The summed E-state index contributed by atoms with van der Waals surface area (Å²) in [5, 5.41) is 8.73. The Morgan fingerprint density at radius 1 is 1.41 bits per heavy atom. The lowest BCUT2D eigenvalue weighted by Crippen LogP contribution is -2.00. The minimum atomic E-state index is -0.773. The van der Waals surface area contributed by atoms with Crippen molar-refractivity contribution in [1.82, 2.24) is 9.55 Å². The summed E-state index contributed by atoms with van der Waals surface area (Å²) >= 11 is 0. The maximum atomic E-state index is 10.6. The van der Waals surface area contributed by atoms with Crippen LogP contribution in [0, 0.1) is 0 Å². The van der Waals surface area contributed by atoms with Gasteiger partial charge in [-0.3, -0.25) is 4.79 Å². The molecule has 0 aliphatic rings. The van der Waals surface area contributed by atoms with Crippen molar-refractivity contribution in [3.63, 3.8) is 0 Å². The van der Waals surface area contributed by atoms with Crippen LogP contribution >= 0.6 is 0 Å². The Bertz CT molecular complexity index is 532. The Kier molecular flexibility index (Phi) is 3.23. The molecule has 88 valence electrons. The fourth-order valence-electron chi connectivity index (χ4n) is 1.85. The molecule has 0 fully saturated rings. The molecular formula is C13H14N2O2. The molecule has 0 saturated carbocycles. The quantitative estimate of drug-likeness (QED) is 0.875. The Morgan fingerprint density at radius 3 is 2.82 bits per heavy atom. The number of rotatable bonds is 4. The van der Waals surface area contributed by atoms with E-state index in [-0.39, 0.29) is 6.42 Å². The van der Waals surface area contributed by atoms with Gasteiger partial charge in [0.25, 0.3) is 0 Å². The predicted molar refractivity (Wildman–Crippen MR) is 64.6 cm³/mol. The highest BCUT2D eigenvalue weighted by molar-refractivity contribution is 5.69. The standard InChI is InChI=1S/C13H14N2O2/c1-15-9-14-8-12(15)11-5-3-2-4-10(11)6-7-13(16)17/h2-5,8-9H,6-7H2,1H3,(H,16,17). The van der Waals surface area contributed by atoms with E-state index in [0.29, 0.717) is 6.42 Å². The number of hydrogen-bond acceptors (Lipinski definition) is 2. The van der Waals surface area contributed by atoms with Crippen molar-refractivity contribution in [2.24, 2.45) is 7.05 Å². The molecule has 2 rings (SSSR count). The molecule has 0 amide bonds. The average molecular weight is 230 g/mol. The highest BCUT2D eigenvalue weighted by Crippen LogP contribution is 2.23. The molecule has 1 aromatic carbocycles. The van der Waals surface area contributed by atoms with E-state index >= 15 is 0 Å². The minimum Gasteiger partial charge on any atom is -0.481 e. The molecule has 0 bridgehead atoms. The van der Waals surface area contributed by atoms with Crippen LogP contribution in [0.1, 0.15) is 12.0 Å². The lowest BCUT2D eigenvalue weighted by atomic mass is 10.0. The summed E-state index contributed by atoms with van der Waals surface area (Å²) in [6.07, 6.45) is 4.22. The molecule has 0 unspecified atom stereocenters. The van der Waals surface area contributed by atoms with Crippen molar-refractivity contribution >= 4 is 5.97 Å². The number of carboxylic acids is 1. The first-order valence-electron chi connectivity index (χ1n) is 5.45. The maximum absolute atomic E-state index is 10.6. The van der Waals surface area contributed by atoms with Crippen molar-refractivity contribution < 1.29 is 9.90 Å². The molecule has 4 nitrogen and oxygen atoms in total. The van der Waals surface area contributed by atoms with E-state index in [2.05, 4.69) is 4.98 Å². The second kappa shape index (κ2) is 4.82. The first kappa shape index (κ1) is 11.4. The largest absolute Gasteiger partial charge is 0.481 e. The van der Waals surface area contributed by atoms with Crippen molar-refractivity contribution in [2.45, 2.75) is 12.8 Å². The van der Waals surface area contributed by atoms with Crippen LogP contribution in [0.2, 0.25) is 0 Å². The van der Waals surface area contributed by atoms with Gasteiger partial charge in [0, 0.05) is 19.0 Å². The van der Waals surface area contributed by atoms with Gasteiger partial charge >= 0.3 is 5.97 Å². The molecule has 0 saturated heterocycles. The van der Waals surface area contributed by atoms with Crippen LogP contribution in [-0.2, 0) is 18.3 Å². The molecule has 0 radical (unpaired) electrons. The second-order valence-electron chi connectivity index (χ2n) is 3.94. The number of aryl methyl sites for hydroxylation is 2. The Hall–Kier alpha value is -2.10. The minimum absolute atomic E-state index is 0.148. The molecule has 1 aromatic heterocycles. The highest BCUT2D eigenvalue weighted by atomic mass is 16.4. The van der Waals surface area contributed by atoms with Gasteiger partial charge in [-0.05, 0) is 12.0 Å². The monoisotopic (exact) mass is 230 g/mol. The van der Waals surface area contributed by atoms with E-state index < -0.39 is 5.97 Å². The zero-order chi connectivity index (χ0) is 12.3. The third-order valence-electron chi connectivity index (χ3n) is 2.72. The number of aliphatic carboxylic acids is 1. The number of carboxylic acid groups (broad SMARTS) is 1. The SMILES string of the molecule is Cn1cncc1-c1ccccc1CCC(=O)O. The summed E-state index contributed by atoms with van der Waals surface area (Å²) in [6, 6.07) is 7.84. The van der Waals surface area contributed by atoms with Crippen molar-refractivity contribution in [1.29, 1.82) is 0 Å². The second-order valence-corrected chi connectivity index (χ2v) is 3.94. The van der Waals surface area contributed by atoms with Crippen LogP contribution in [0.25, 0.3) is 11.3 Å². The first-order chi connectivity index (χ1) is 8.18. The van der Waals surface area contributed by atoms with E-state index in [1.807, 2.05) is 35.9 Å². The number of carbonyl (C=O) groups is 1. The van der Waals surface area contributed by atoms with Gasteiger partial charge in [-0.2, -0.15) is 0 Å². The van der Waals surface area contributed by atoms with Gasteiger partial charge in [0.05, 0.1) is 18.2 Å². The van der Waals surface area contributed by atoms with Gasteiger partial charge in [-0.1, -0.05) is 24.3 Å². The normalized spacial score (nSPS) is 10.4. The molecular weight excluding hydrogens is 216 g/mol. The Morgan fingerprint density at radius 2 is 2.18 bits per heavy atom. The van der Waals surface area contributed by atoms with E-state index in [0.717, 1.165) is 16.8 Å². The summed E-state index contributed by atoms with van der Waals surface area (Å²) in [4.78, 5) is 14.7. The number of hydrogen-bond donors (Lipinski definition) is 1. The molecule has 1 heterocycles. The highest BCUT2D eigenvalue weighted by Gasteiger charge is 2.08. The summed E-state index contributed by atoms with van der Waals surface area (Å²) in [6.45, 7) is 0. The third-order valence-corrected chi connectivity index (χ3v) is 2.72. The summed E-state index contributed by atoms with van der Waals surface area (Å²) < 4.78 is 1.93. The van der Waals surface area contributed by atoms with Gasteiger partial charge in [-0.25, -0.2) is 4.98 Å². The molecule has 2 aromatic rings. The molecule has 0 aliphatic heterocycles. The topological polar surface area (TPSA) is 55.1 Å². The number of aromatic nitrogens is 2. The van der Waals surface area contributed by atoms with Gasteiger partial charge in [-0.15, -0.1) is 0 Å². The Labute approximate surface area is 99.5 Å². The first-order valence-corrected chi connectivity index (χ1v) is 5.45. The van der Waals surface area contributed by atoms with Gasteiger partial charge in [0.15, 0.2) is 0 Å².